The number of carbonyl (C=O) groups excluding carboxylic acids is 1. The molecule has 10 aromatic rings. The van der Waals surface area contributed by atoms with Crippen molar-refractivity contribution in [2.45, 2.75) is 70.4 Å². The van der Waals surface area contributed by atoms with Crippen LogP contribution in [0.25, 0.3) is 17.0 Å². The number of nitrogens with one attached hydrogen (secondary N) is 1. The van der Waals surface area contributed by atoms with E-state index in [9.17, 15) is 4.79 Å². The van der Waals surface area contributed by atoms with Crippen LogP contribution in [0.15, 0.2) is 211 Å². The highest BCUT2D eigenvalue weighted by atomic mass is 28.4. The lowest BCUT2D eigenvalue weighted by atomic mass is 9.77. The van der Waals surface area contributed by atoms with E-state index in [-0.39, 0.29) is 30.7 Å². The van der Waals surface area contributed by atoms with Gasteiger partial charge in [-0.05, 0) is 68.4 Å². The van der Waals surface area contributed by atoms with Crippen LogP contribution in [0.2, 0.25) is 5.04 Å². The maximum atomic E-state index is 15.1. The summed E-state index contributed by atoms with van der Waals surface area (Å²) >= 11 is 0. The lowest BCUT2D eigenvalue weighted by molar-refractivity contribution is 0.00243. The van der Waals surface area contributed by atoms with E-state index in [0.29, 0.717) is 29.2 Å². The first-order valence-electron chi connectivity index (χ1n) is 24.5. The minimum absolute atomic E-state index is 0.00762. The molecule has 6 aromatic carbocycles. The highest BCUT2D eigenvalue weighted by Gasteiger charge is 2.52. The largest absolute Gasteiger partial charge is 0.398 e. The van der Waals surface area contributed by atoms with Crippen molar-refractivity contribution in [1.82, 2.24) is 29.1 Å². The third kappa shape index (κ3) is 9.74. The first-order valence-corrected chi connectivity index (χ1v) is 26.4. The van der Waals surface area contributed by atoms with Crippen LogP contribution in [0, 0.1) is 6.92 Å². The highest BCUT2D eigenvalue weighted by molar-refractivity contribution is 6.99. The lowest BCUT2D eigenvalue weighted by Crippen LogP contribution is -2.68. The minimum Gasteiger partial charge on any atom is -0.398 e. The number of imidazole rings is 2. The van der Waals surface area contributed by atoms with Crippen LogP contribution in [-0.4, -0.2) is 55.8 Å². The van der Waals surface area contributed by atoms with Gasteiger partial charge < -0.3 is 23.6 Å². The summed E-state index contributed by atoms with van der Waals surface area (Å²) in [5.74, 6) is -0.191. The monoisotopic (exact) mass is 1000 g/mol. The normalized spacial score (nSPS) is 12.6. The summed E-state index contributed by atoms with van der Waals surface area (Å²) in [5.41, 5.74) is 6.99. The number of aryl methyl sites for hydroxylation is 1. The number of hydrogen-bond donors (Lipinski definition) is 1. The molecule has 11 nitrogen and oxygen atoms in total. The first kappa shape index (κ1) is 49.4. The summed E-state index contributed by atoms with van der Waals surface area (Å²) in [6.45, 7) is 8.55. The zero-order chi connectivity index (χ0) is 51.3. The number of amides is 1. The average molecular weight is 1000 g/mol. The van der Waals surface area contributed by atoms with Gasteiger partial charge in [0, 0.05) is 23.6 Å². The Morgan fingerprint density at radius 2 is 1.31 bits per heavy atom. The molecular formula is C60H55F2N7O4Si. The van der Waals surface area contributed by atoms with Crippen LogP contribution < -0.4 is 15.7 Å². The topological polar surface area (TPSA) is 122 Å². The van der Waals surface area contributed by atoms with Crippen LogP contribution in [0.4, 0.5) is 14.5 Å². The molecule has 14 heteroatoms. The van der Waals surface area contributed by atoms with Crippen molar-refractivity contribution < 1.29 is 27.3 Å². The molecule has 0 saturated heterocycles. The van der Waals surface area contributed by atoms with E-state index < -0.39 is 31.4 Å². The Hall–Kier alpha value is -8.17. The molecule has 1 amide bonds. The third-order valence-corrected chi connectivity index (χ3v) is 18.6. The minimum atomic E-state index is -3.33. The van der Waals surface area contributed by atoms with Crippen LogP contribution >= 0.6 is 0 Å². The maximum absolute atomic E-state index is 15.1. The Morgan fingerprint density at radius 3 is 1.88 bits per heavy atom. The van der Waals surface area contributed by atoms with Crippen molar-refractivity contribution in [3.63, 3.8) is 0 Å². The van der Waals surface area contributed by atoms with Crippen molar-refractivity contribution in [1.29, 1.82) is 0 Å². The van der Waals surface area contributed by atoms with Gasteiger partial charge in [-0.3, -0.25) is 9.20 Å². The van der Waals surface area contributed by atoms with Crippen LogP contribution in [0.3, 0.4) is 0 Å². The van der Waals surface area contributed by atoms with Crippen LogP contribution in [0.5, 0.6) is 0 Å². The number of anilines is 1. The van der Waals surface area contributed by atoms with Crippen molar-refractivity contribution >= 4 is 35.9 Å². The van der Waals surface area contributed by atoms with Gasteiger partial charge in [-0.15, -0.1) is 0 Å². The Balaban J connectivity index is 0.817. The van der Waals surface area contributed by atoms with E-state index in [1.165, 1.54) is 6.20 Å². The number of pyridine rings is 1. The molecule has 372 valence electrons. The number of alkyl halides is 2. The standard InChI is InChI=1S/C60H55F2N7O4Si/c1-42-30-31-44(57-66-55(72-67-57)36-53(56(61)62)73-74(59(2,3)4,49-26-16-8-17-27-49)50-28-18-9-19-29-50)35-51(42)65-58(70)52-37-63-54-34-43(32-33-69(52)54)39-71-40-48-38-68(41-64-48)60(45-20-10-5-11-21-45,46-22-12-6-13-23-46)47-24-14-7-15-25-47/h5-35,37-38,41,53,56H,36,39-40H2,1-4H3,(H,65,70)/t53-/m0/s1. The van der Waals surface area contributed by atoms with Gasteiger partial charge in [0.05, 0.1) is 37.9 Å². The Labute approximate surface area is 429 Å². The number of fused-ring (bicyclic) bond motifs is 1. The molecule has 1 atom stereocenters. The predicted molar refractivity (Wildman–Crippen MR) is 285 cm³/mol. The second-order valence-corrected chi connectivity index (χ2v) is 23.6. The Bertz CT molecular complexity index is 3340. The molecular weight excluding hydrogens is 949 g/mol. The second-order valence-electron chi connectivity index (χ2n) is 19.3. The zero-order valence-electron chi connectivity index (χ0n) is 41.5. The summed E-state index contributed by atoms with van der Waals surface area (Å²) < 4.78 is 52.8. The fourth-order valence-electron chi connectivity index (χ4n) is 9.97. The Morgan fingerprint density at radius 1 is 0.730 bits per heavy atom. The number of ether oxygens (including phenoxy) is 1. The fraction of sp³-hybridized carbons (Fsp3) is 0.183. The number of halogens is 2. The van der Waals surface area contributed by atoms with E-state index in [1.807, 2.05) is 137 Å². The number of benzene rings is 6. The Kier molecular flexibility index (Phi) is 14.1. The zero-order valence-corrected chi connectivity index (χ0v) is 42.5. The van der Waals surface area contributed by atoms with Gasteiger partial charge in [-0.25, -0.2) is 18.7 Å². The third-order valence-electron chi connectivity index (χ3n) is 13.5. The second kappa shape index (κ2) is 21.1. The van der Waals surface area contributed by atoms with Gasteiger partial charge in [-0.1, -0.05) is 190 Å². The molecule has 74 heavy (non-hydrogen) atoms. The van der Waals surface area contributed by atoms with Crippen LogP contribution in [-0.2, 0) is 34.3 Å². The number of nitrogens with zero attached hydrogens (tertiary/aromatic N) is 6. The van der Waals surface area contributed by atoms with Gasteiger partial charge in [-0.2, -0.15) is 4.98 Å². The maximum Gasteiger partial charge on any atom is 0.274 e. The quantitative estimate of drug-likeness (QED) is 0.0666. The smallest absolute Gasteiger partial charge is 0.274 e. The number of aromatic nitrogens is 6. The number of hydrogen-bond acceptors (Lipinski definition) is 8. The number of carbonyl (C=O) groups is 1. The van der Waals surface area contributed by atoms with Gasteiger partial charge >= 0.3 is 0 Å². The molecule has 0 aliphatic rings. The summed E-state index contributed by atoms with van der Waals surface area (Å²) in [6, 6.07) is 59.8. The van der Waals surface area contributed by atoms with Gasteiger partial charge in [0.2, 0.25) is 11.7 Å². The fourth-order valence-corrected chi connectivity index (χ4v) is 14.6. The van der Waals surface area contributed by atoms with Crippen molar-refractivity contribution in [3.05, 3.63) is 252 Å². The summed E-state index contributed by atoms with van der Waals surface area (Å²) in [6.07, 6.45) is 2.55. The van der Waals surface area contributed by atoms with Crippen molar-refractivity contribution in [3.8, 4) is 11.4 Å². The average Bonchev–Trinajstić information content (AvgIpc) is 4.23. The van der Waals surface area contributed by atoms with E-state index in [1.54, 1.807) is 22.7 Å². The van der Waals surface area contributed by atoms with Crippen LogP contribution in [0.1, 0.15) is 70.7 Å². The molecule has 1 N–H and O–H groups in total. The SMILES string of the molecule is Cc1ccc(-c2noc(C[C@H](O[Si](c3ccccc3)(c3ccccc3)C(C)(C)C)C(F)F)n2)cc1NC(=O)c1cnc2cc(COCc3cn(C(c4ccccc4)(c4ccccc4)c4ccccc4)cn3)ccn12. The molecule has 0 aliphatic carbocycles. The lowest BCUT2D eigenvalue weighted by Gasteiger charge is -2.44. The van der Waals surface area contributed by atoms with E-state index >= 15 is 8.78 Å². The molecule has 10 rings (SSSR count). The summed E-state index contributed by atoms with van der Waals surface area (Å²) in [7, 11) is -3.33. The van der Waals surface area contributed by atoms with Crippen molar-refractivity contribution in [2.75, 3.05) is 5.32 Å². The molecule has 0 unspecified atom stereocenters. The molecule has 0 bridgehead atoms. The van der Waals surface area contributed by atoms with E-state index in [2.05, 4.69) is 97.8 Å². The molecule has 0 aliphatic heterocycles. The molecule has 4 heterocycles. The van der Waals surface area contributed by atoms with Gasteiger partial charge in [0.15, 0.2) is 0 Å². The summed E-state index contributed by atoms with van der Waals surface area (Å²) in [5, 5.41) is 8.44. The molecule has 0 spiro atoms. The van der Waals surface area contributed by atoms with Crippen molar-refractivity contribution in [2.24, 2.45) is 0 Å². The molecule has 0 radical (unpaired) electrons. The highest BCUT2D eigenvalue weighted by Crippen LogP contribution is 2.42. The predicted octanol–water partition coefficient (Wildman–Crippen LogP) is 11.5. The molecule has 4 aromatic heterocycles. The van der Waals surface area contributed by atoms with E-state index in [4.69, 9.17) is 18.7 Å². The molecule has 0 saturated carbocycles. The van der Waals surface area contributed by atoms with Gasteiger partial charge in [0.25, 0.3) is 20.7 Å². The summed E-state index contributed by atoms with van der Waals surface area (Å²) in [4.78, 5) is 27.8. The molecule has 0 fully saturated rings. The first-order chi connectivity index (χ1) is 35.9. The van der Waals surface area contributed by atoms with Gasteiger partial charge in [0.1, 0.15) is 23.0 Å². The number of rotatable bonds is 18. The van der Waals surface area contributed by atoms with E-state index in [0.717, 1.165) is 43.9 Å².